The van der Waals surface area contributed by atoms with Crippen LogP contribution in [0, 0.1) is 0 Å². The van der Waals surface area contributed by atoms with Gasteiger partial charge in [-0.3, -0.25) is 0 Å². The molecular weight excluding hydrogens is 264 g/mol. The summed E-state index contributed by atoms with van der Waals surface area (Å²) in [5.74, 6) is -2.54. The number of carbonyl (C=O) groups is 2. The Bertz CT molecular complexity index is 477. The fourth-order valence-electron chi connectivity index (χ4n) is 1.92. The predicted octanol–water partition coefficient (Wildman–Crippen LogP) is 2.02. The fourth-order valence-corrected chi connectivity index (χ4v) is 1.92. The number of ether oxygens (including phenoxy) is 2. The van der Waals surface area contributed by atoms with Crippen LogP contribution >= 0.6 is 0 Å². The second kappa shape index (κ2) is 7.62. The molecule has 0 bridgehead atoms. The van der Waals surface area contributed by atoms with Crippen LogP contribution in [-0.2, 0) is 15.9 Å². The molecule has 1 rings (SSSR count). The summed E-state index contributed by atoms with van der Waals surface area (Å²) in [5.41, 5.74) is -0.0737. The second-order valence-corrected chi connectivity index (χ2v) is 3.99. The maximum Gasteiger partial charge on any atom is 0.336 e. The Morgan fingerprint density at radius 3 is 2.15 bits per heavy atom. The summed E-state index contributed by atoms with van der Waals surface area (Å²) in [5, 5.41) is 18.3. The van der Waals surface area contributed by atoms with Gasteiger partial charge in [-0.05, 0) is 25.5 Å². The number of hydrogen-bond donors (Lipinski definition) is 2. The lowest BCUT2D eigenvalue weighted by Crippen LogP contribution is -2.22. The van der Waals surface area contributed by atoms with E-state index in [4.69, 9.17) is 14.6 Å². The molecule has 0 aliphatic heterocycles. The van der Waals surface area contributed by atoms with Crippen LogP contribution in [0.15, 0.2) is 18.2 Å². The highest BCUT2D eigenvalue weighted by molar-refractivity contribution is 6.02. The van der Waals surface area contributed by atoms with Crippen molar-refractivity contribution in [2.45, 2.75) is 26.6 Å². The molecule has 0 atom stereocenters. The van der Waals surface area contributed by atoms with Crippen molar-refractivity contribution >= 4 is 11.9 Å². The largest absolute Gasteiger partial charge is 0.478 e. The zero-order chi connectivity index (χ0) is 15.1. The van der Waals surface area contributed by atoms with Crippen molar-refractivity contribution in [2.75, 3.05) is 13.2 Å². The number of aromatic carboxylic acids is 2. The minimum absolute atomic E-state index is 0.185. The van der Waals surface area contributed by atoms with Crippen molar-refractivity contribution in [3.8, 4) is 0 Å². The first-order valence-electron chi connectivity index (χ1n) is 6.32. The van der Waals surface area contributed by atoms with Crippen LogP contribution in [-0.4, -0.2) is 41.7 Å². The van der Waals surface area contributed by atoms with Crippen molar-refractivity contribution in [1.29, 1.82) is 0 Å². The Hall–Kier alpha value is -1.92. The van der Waals surface area contributed by atoms with Gasteiger partial charge in [-0.2, -0.15) is 0 Å². The van der Waals surface area contributed by atoms with Gasteiger partial charge >= 0.3 is 11.9 Å². The summed E-state index contributed by atoms with van der Waals surface area (Å²) in [7, 11) is 0. The first kappa shape index (κ1) is 16.1. The van der Waals surface area contributed by atoms with Crippen molar-refractivity contribution in [3.63, 3.8) is 0 Å². The van der Waals surface area contributed by atoms with Gasteiger partial charge < -0.3 is 19.7 Å². The number of carboxylic acids is 2. The molecular formula is C14H18O6. The van der Waals surface area contributed by atoms with E-state index in [1.54, 1.807) is 19.9 Å². The third kappa shape index (κ3) is 4.04. The normalized spacial score (nSPS) is 10.8. The van der Waals surface area contributed by atoms with Gasteiger partial charge in [0.05, 0.1) is 11.1 Å². The quantitative estimate of drug-likeness (QED) is 0.709. The number of hydrogen-bond acceptors (Lipinski definition) is 4. The Balaban J connectivity index is 3.13. The summed E-state index contributed by atoms with van der Waals surface area (Å²) in [6.07, 6.45) is -0.406. The molecule has 6 heteroatoms. The SMILES string of the molecule is CCOC(Cc1cccc(C(=O)O)c1C(=O)O)OCC. The molecule has 0 saturated heterocycles. The van der Waals surface area contributed by atoms with Crippen LogP contribution in [0.4, 0.5) is 0 Å². The van der Waals surface area contributed by atoms with E-state index in [2.05, 4.69) is 0 Å². The minimum Gasteiger partial charge on any atom is -0.478 e. The third-order valence-electron chi connectivity index (χ3n) is 2.69. The highest BCUT2D eigenvalue weighted by Crippen LogP contribution is 2.18. The second-order valence-electron chi connectivity index (χ2n) is 3.99. The van der Waals surface area contributed by atoms with Gasteiger partial charge in [0.15, 0.2) is 6.29 Å². The van der Waals surface area contributed by atoms with Gasteiger partial charge in [0.2, 0.25) is 0 Å². The van der Waals surface area contributed by atoms with Gasteiger partial charge in [-0.15, -0.1) is 0 Å². The first-order valence-corrected chi connectivity index (χ1v) is 6.32. The molecule has 2 N–H and O–H groups in total. The standard InChI is InChI=1S/C14H18O6/c1-3-19-11(20-4-2)8-9-6-5-7-10(13(15)16)12(9)14(17)18/h5-7,11H,3-4,8H2,1-2H3,(H,15,16)(H,17,18). The number of rotatable bonds is 8. The molecule has 0 fully saturated rings. The number of carboxylic acid groups (broad SMARTS) is 2. The van der Waals surface area contributed by atoms with E-state index in [-0.39, 0.29) is 17.5 Å². The molecule has 20 heavy (non-hydrogen) atoms. The third-order valence-corrected chi connectivity index (χ3v) is 2.69. The highest BCUT2D eigenvalue weighted by atomic mass is 16.7. The Morgan fingerprint density at radius 2 is 1.70 bits per heavy atom. The van der Waals surface area contributed by atoms with Gasteiger partial charge in [0.25, 0.3) is 0 Å². The molecule has 0 aliphatic rings. The highest BCUT2D eigenvalue weighted by Gasteiger charge is 2.22. The first-order chi connectivity index (χ1) is 9.51. The van der Waals surface area contributed by atoms with Gasteiger partial charge in [0.1, 0.15) is 0 Å². The van der Waals surface area contributed by atoms with Crippen LogP contribution < -0.4 is 0 Å². The zero-order valence-corrected chi connectivity index (χ0v) is 11.5. The van der Waals surface area contributed by atoms with E-state index in [9.17, 15) is 14.7 Å². The molecule has 1 aromatic carbocycles. The lowest BCUT2D eigenvalue weighted by molar-refractivity contribution is -0.134. The Labute approximate surface area is 116 Å². The monoisotopic (exact) mass is 282 g/mol. The average Bonchev–Trinajstić information content (AvgIpc) is 2.38. The van der Waals surface area contributed by atoms with E-state index >= 15 is 0 Å². The summed E-state index contributed by atoms with van der Waals surface area (Å²) in [4.78, 5) is 22.4. The topological polar surface area (TPSA) is 93.1 Å². The van der Waals surface area contributed by atoms with E-state index in [1.807, 2.05) is 0 Å². The van der Waals surface area contributed by atoms with E-state index < -0.39 is 18.2 Å². The van der Waals surface area contributed by atoms with Crippen LogP contribution in [0.1, 0.15) is 40.1 Å². The lowest BCUT2D eigenvalue weighted by Gasteiger charge is -2.18. The maximum atomic E-state index is 11.3. The molecule has 1 aromatic rings. The van der Waals surface area contributed by atoms with Crippen molar-refractivity contribution in [3.05, 3.63) is 34.9 Å². The van der Waals surface area contributed by atoms with E-state index in [1.165, 1.54) is 12.1 Å². The van der Waals surface area contributed by atoms with Crippen molar-refractivity contribution in [1.82, 2.24) is 0 Å². The summed E-state index contributed by atoms with van der Waals surface area (Å²) < 4.78 is 10.7. The number of benzene rings is 1. The van der Waals surface area contributed by atoms with Crippen molar-refractivity contribution in [2.24, 2.45) is 0 Å². The zero-order valence-electron chi connectivity index (χ0n) is 11.5. The van der Waals surface area contributed by atoms with Crippen LogP contribution in [0.5, 0.6) is 0 Å². The summed E-state index contributed by atoms with van der Waals surface area (Å²) in [6, 6.07) is 4.35. The molecule has 6 nitrogen and oxygen atoms in total. The minimum atomic E-state index is -1.27. The van der Waals surface area contributed by atoms with Crippen molar-refractivity contribution < 1.29 is 29.3 Å². The molecule has 0 unspecified atom stereocenters. The fraction of sp³-hybridized carbons (Fsp3) is 0.429. The van der Waals surface area contributed by atoms with E-state index in [0.717, 1.165) is 0 Å². The van der Waals surface area contributed by atoms with Gasteiger partial charge in [0, 0.05) is 19.6 Å². The molecule has 110 valence electrons. The smallest absolute Gasteiger partial charge is 0.336 e. The van der Waals surface area contributed by atoms with Crippen LogP contribution in [0.25, 0.3) is 0 Å². The molecule has 0 amide bonds. The van der Waals surface area contributed by atoms with Gasteiger partial charge in [-0.25, -0.2) is 9.59 Å². The molecule has 0 heterocycles. The molecule has 0 aliphatic carbocycles. The molecule has 0 spiro atoms. The Morgan fingerprint density at radius 1 is 1.10 bits per heavy atom. The lowest BCUT2D eigenvalue weighted by atomic mass is 9.98. The molecule has 0 saturated carbocycles. The molecule has 0 aromatic heterocycles. The molecule has 0 radical (unpaired) electrons. The van der Waals surface area contributed by atoms with Crippen LogP contribution in [0.2, 0.25) is 0 Å². The summed E-state index contributed by atoms with van der Waals surface area (Å²) >= 11 is 0. The average molecular weight is 282 g/mol. The summed E-state index contributed by atoms with van der Waals surface area (Å²) in [6.45, 7) is 4.45. The van der Waals surface area contributed by atoms with E-state index in [0.29, 0.717) is 18.8 Å². The Kier molecular flexibility index (Phi) is 6.14. The van der Waals surface area contributed by atoms with Crippen LogP contribution in [0.3, 0.4) is 0 Å². The van der Waals surface area contributed by atoms with Gasteiger partial charge in [-0.1, -0.05) is 12.1 Å². The maximum absolute atomic E-state index is 11.3. The predicted molar refractivity (Wildman–Crippen MR) is 71.1 cm³/mol.